The number of hydrogen-bond donors (Lipinski definition) is 1. The van der Waals surface area contributed by atoms with Crippen LogP contribution in [-0.2, 0) is 6.18 Å². The molecule has 0 bridgehead atoms. The molecular formula is C15H12F3N. The molecule has 0 saturated heterocycles. The lowest BCUT2D eigenvalue weighted by molar-refractivity contribution is -0.137. The summed E-state index contributed by atoms with van der Waals surface area (Å²) < 4.78 is 37.1. The van der Waals surface area contributed by atoms with Crippen LogP contribution >= 0.6 is 0 Å². The molecule has 2 rings (SSSR count). The van der Waals surface area contributed by atoms with E-state index in [4.69, 9.17) is 5.73 Å². The van der Waals surface area contributed by atoms with Gasteiger partial charge >= 0.3 is 6.18 Å². The van der Waals surface area contributed by atoms with Crippen molar-refractivity contribution in [1.29, 1.82) is 0 Å². The van der Waals surface area contributed by atoms with Crippen molar-refractivity contribution in [2.45, 2.75) is 6.18 Å². The number of nitrogens with two attached hydrogens (primary N) is 1. The van der Waals surface area contributed by atoms with Gasteiger partial charge in [0.05, 0.1) is 5.56 Å². The molecule has 0 saturated carbocycles. The first kappa shape index (κ1) is 13.2. The van der Waals surface area contributed by atoms with Gasteiger partial charge in [-0.15, -0.1) is 0 Å². The Kier molecular flexibility index (Phi) is 3.60. The summed E-state index contributed by atoms with van der Waals surface area (Å²) in [5.74, 6) is 0. The van der Waals surface area contributed by atoms with E-state index >= 15 is 0 Å². The molecular weight excluding hydrogens is 251 g/mol. The lowest BCUT2D eigenvalue weighted by Crippen LogP contribution is -2.03. The van der Waals surface area contributed by atoms with Crippen LogP contribution in [0.4, 0.5) is 18.9 Å². The number of hydrogen-bond acceptors (Lipinski definition) is 1. The summed E-state index contributed by atoms with van der Waals surface area (Å²) in [4.78, 5) is 0. The van der Waals surface area contributed by atoms with Crippen molar-refractivity contribution in [2.75, 3.05) is 5.73 Å². The van der Waals surface area contributed by atoms with Crippen molar-refractivity contribution < 1.29 is 13.2 Å². The predicted octanol–water partition coefficient (Wildman–Crippen LogP) is 4.46. The van der Waals surface area contributed by atoms with Crippen molar-refractivity contribution in [2.24, 2.45) is 0 Å². The normalized spacial score (nSPS) is 11.9. The number of benzene rings is 2. The zero-order valence-electron chi connectivity index (χ0n) is 9.98. The highest BCUT2D eigenvalue weighted by Crippen LogP contribution is 2.29. The van der Waals surface area contributed by atoms with Gasteiger partial charge < -0.3 is 5.73 Å². The van der Waals surface area contributed by atoms with Crippen LogP contribution in [0.3, 0.4) is 0 Å². The van der Waals surface area contributed by atoms with Crippen molar-refractivity contribution in [1.82, 2.24) is 0 Å². The maximum absolute atomic E-state index is 12.4. The third-order valence-electron chi connectivity index (χ3n) is 2.64. The largest absolute Gasteiger partial charge is 0.416 e. The standard InChI is InChI=1S/C15H12F3N/c16-15(17,18)13-7-3-11(4-8-13)1-2-12-5-9-14(19)10-6-12/h1-10H,19H2/b2-1+. The second-order valence-corrected chi connectivity index (χ2v) is 4.12. The Balaban J connectivity index is 2.13. The molecule has 0 fully saturated rings. The molecule has 0 aliphatic carbocycles. The fraction of sp³-hybridized carbons (Fsp3) is 0.0667. The molecule has 4 heteroatoms. The van der Waals surface area contributed by atoms with Gasteiger partial charge in [-0.1, -0.05) is 36.4 Å². The molecule has 0 amide bonds. The van der Waals surface area contributed by atoms with Gasteiger partial charge in [-0.05, 0) is 35.4 Å². The molecule has 2 N–H and O–H groups in total. The summed E-state index contributed by atoms with van der Waals surface area (Å²) in [5, 5.41) is 0. The van der Waals surface area contributed by atoms with Gasteiger partial charge in [0, 0.05) is 5.69 Å². The number of anilines is 1. The predicted molar refractivity (Wildman–Crippen MR) is 71.2 cm³/mol. The highest BCUT2D eigenvalue weighted by Gasteiger charge is 2.29. The van der Waals surface area contributed by atoms with Crippen LogP contribution in [0.2, 0.25) is 0 Å². The van der Waals surface area contributed by atoms with Crippen molar-refractivity contribution in [3.8, 4) is 0 Å². The van der Waals surface area contributed by atoms with Crippen LogP contribution in [0.5, 0.6) is 0 Å². The molecule has 19 heavy (non-hydrogen) atoms. The first-order valence-electron chi connectivity index (χ1n) is 5.66. The van der Waals surface area contributed by atoms with Crippen molar-refractivity contribution in [3.63, 3.8) is 0 Å². The van der Waals surface area contributed by atoms with Gasteiger partial charge in [-0.3, -0.25) is 0 Å². The molecule has 0 aliphatic rings. The van der Waals surface area contributed by atoms with E-state index in [1.165, 1.54) is 12.1 Å². The topological polar surface area (TPSA) is 26.0 Å². The zero-order chi connectivity index (χ0) is 13.9. The minimum absolute atomic E-state index is 0.642. The van der Waals surface area contributed by atoms with E-state index in [9.17, 15) is 13.2 Å². The molecule has 0 aliphatic heterocycles. The smallest absolute Gasteiger partial charge is 0.399 e. The van der Waals surface area contributed by atoms with E-state index in [1.54, 1.807) is 18.2 Å². The maximum atomic E-state index is 12.4. The average Bonchev–Trinajstić information content (AvgIpc) is 2.37. The van der Waals surface area contributed by atoms with Gasteiger partial charge in [0.15, 0.2) is 0 Å². The van der Waals surface area contributed by atoms with E-state index in [0.717, 1.165) is 17.7 Å². The van der Waals surface area contributed by atoms with Crippen LogP contribution in [0, 0.1) is 0 Å². The number of alkyl halides is 3. The molecule has 0 spiro atoms. The summed E-state index contributed by atoms with van der Waals surface area (Å²) in [7, 11) is 0. The molecule has 2 aromatic carbocycles. The average molecular weight is 263 g/mol. The monoisotopic (exact) mass is 263 g/mol. The molecule has 0 radical (unpaired) electrons. The molecule has 2 aromatic rings. The van der Waals surface area contributed by atoms with Gasteiger partial charge in [0.2, 0.25) is 0 Å². The second kappa shape index (κ2) is 5.18. The quantitative estimate of drug-likeness (QED) is 0.628. The third-order valence-corrected chi connectivity index (χ3v) is 2.64. The Hall–Kier alpha value is -2.23. The minimum atomic E-state index is -4.29. The Labute approximate surface area is 109 Å². The minimum Gasteiger partial charge on any atom is -0.399 e. The Bertz CT molecular complexity index is 566. The van der Waals surface area contributed by atoms with Crippen LogP contribution < -0.4 is 5.73 Å². The van der Waals surface area contributed by atoms with Crippen molar-refractivity contribution >= 4 is 17.8 Å². The third kappa shape index (κ3) is 3.61. The van der Waals surface area contributed by atoms with Gasteiger partial charge in [0.1, 0.15) is 0 Å². The fourth-order valence-electron chi connectivity index (χ4n) is 1.58. The van der Waals surface area contributed by atoms with Crippen LogP contribution in [0.1, 0.15) is 16.7 Å². The molecule has 1 nitrogen and oxygen atoms in total. The van der Waals surface area contributed by atoms with Gasteiger partial charge in [-0.2, -0.15) is 13.2 Å². The number of halogens is 3. The Morgan fingerprint density at radius 3 is 1.58 bits per heavy atom. The van der Waals surface area contributed by atoms with Crippen LogP contribution in [0.15, 0.2) is 48.5 Å². The first-order valence-corrected chi connectivity index (χ1v) is 5.66. The van der Waals surface area contributed by atoms with Gasteiger partial charge in [0.25, 0.3) is 0 Å². The van der Waals surface area contributed by atoms with Crippen LogP contribution in [0.25, 0.3) is 12.2 Å². The number of rotatable bonds is 2. The zero-order valence-corrected chi connectivity index (χ0v) is 9.98. The van der Waals surface area contributed by atoms with E-state index in [-0.39, 0.29) is 0 Å². The Morgan fingerprint density at radius 2 is 1.16 bits per heavy atom. The maximum Gasteiger partial charge on any atom is 0.416 e. The molecule has 98 valence electrons. The number of nitrogen functional groups attached to an aromatic ring is 1. The fourth-order valence-corrected chi connectivity index (χ4v) is 1.58. The highest BCUT2D eigenvalue weighted by molar-refractivity contribution is 5.70. The molecule has 0 heterocycles. The highest BCUT2D eigenvalue weighted by atomic mass is 19.4. The van der Waals surface area contributed by atoms with Crippen molar-refractivity contribution in [3.05, 3.63) is 65.2 Å². The first-order chi connectivity index (χ1) is 8.95. The van der Waals surface area contributed by atoms with E-state index in [0.29, 0.717) is 11.3 Å². The SMILES string of the molecule is Nc1ccc(/C=C/c2ccc(C(F)(F)F)cc2)cc1. The van der Waals surface area contributed by atoms with E-state index < -0.39 is 11.7 Å². The molecule has 0 unspecified atom stereocenters. The lowest BCUT2D eigenvalue weighted by Gasteiger charge is -2.05. The summed E-state index contributed by atoms with van der Waals surface area (Å²) in [5.41, 5.74) is 7.24. The van der Waals surface area contributed by atoms with E-state index in [1.807, 2.05) is 18.2 Å². The van der Waals surface area contributed by atoms with Crippen LogP contribution in [-0.4, -0.2) is 0 Å². The lowest BCUT2D eigenvalue weighted by atomic mass is 10.1. The van der Waals surface area contributed by atoms with Gasteiger partial charge in [-0.25, -0.2) is 0 Å². The second-order valence-electron chi connectivity index (χ2n) is 4.12. The molecule has 0 atom stereocenters. The van der Waals surface area contributed by atoms with E-state index in [2.05, 4.69) is 0 Å². The summed E-state index contributed by atoms with van der Waals surface area (Å²) >= 11 is 0. The summed E-state index contributed by atoms with van der Waals surface area (Å²) in [6.45, 7) is 0. The molecule has 0 aromatic heterocycles. The summed E-state index contributed by atoms with van der Waals surface area (Å²) in [6.07, 6.45) is -0.715. The Morgan fingerprint density at radius 1 is 0.737 bits per heavy atom. The summed E-state index contributed by atoms with van der Waals surface area (Å²) in [6, 6.07) is 12.3.